The van der Waals surface area contributed by atoms with Gasteiger partial charge in [-0.25, -0.2) is 0 Å². The molecule has 3 atom stereocenters. The zero-order valence-corrected chi connectivity index (χ0v) is 23.4. The van der Waals surface area contributed by atoms with Crippen LogP contribution in [-0.2, 0) is 14.4 Å². The fourth-order valence-corrected chi connectivity index (χ4v) is 5.03. The maximum Gasteiger partial charge on any atom is 0.312 e. The molecular weight excluding hydrogens is 458 g/mol. The van der Waals surface area contributed by atoms with Gasteiger partial charge < -0.3 is 19.8 Å². The Morgan fingerprint density at radius 1 is 0.583 bits per heavy atom. The summed E-state index contributed by atoms with van der Waals surface area (Å²) in [4.78, 5) is 35.7. The highest BCUT2D eigenvalue weighted by Gasteiger charge is 2.40. The third-order valence-electron chi connectivity index (χ3n) is 7.49. The van der Waals surface area contributed by atoms with Crippen LogP contribution < -0.4 is 0 Å². The number of carboxylic acids is 3. The van der Waals surface area contributed by atoms with Crippen molar-refractivity contribution in [3.63, 3.8) is 0 Å². The van der Waals surface area contributed by atoms with Gasteiger partial charge >= 0.3 is 17.9 Å². The zero-order chi connectivity index (χ0) is 27.4. The summed E-state index contributed by atoms with van der Waals surface area (Å²) in [5, 5.41) is 29.3. The maximum atomic E-state index is 11.9. The minimum Gasteiger partial charge on any atom is -0.481 e. The summed E-state index contributed by atoms with van der Waals surface area (Å²) in [7, 11) is 0. The first kappa shape index (κ1) is 34.1. The molecule has 3 N–H and O–H groups in total. The molecule has 7 nitrogen and oxygen atoms in total. The number of nitrogens with zero attached hydrogens (tertiary/aromatic N) is 1. The number of hydrogen-bond donors (Lipinski definition) is 3. The first-order chi connectivity index (χ1) is 17.2. The third kappa shape index (κ3) is 14.6. The lowest BCUT2D eigenvalue weighted by Gasteiger charge is -2.43. The molecule has 0 saturated heterocycles. The van der Waals surface area contributed by atoms with E-state index in [1.807, 2.05) is 20.8 Å². The van der Waals surface area contributed by atoms with Crippen LogP contribution in [0.4, 0.5) is 0 Å². The van der Waals surface area contributed by atoms with Crippen molar-refractivity contribution in [3.05, 3.63) is 12.2 Å². The third-order valence-corrected chi connectivity index (χ3v) is 7.49. The number of aliphatic carboxylic acids is 3. The minimum absolute atomic E-state index is 0.248. The van der Waals surface area contributed by atoms with Crippen LogP contribution >= 0.6 is 0 Å². The summed E-state index contributed by atoms with van der Waals surface area (Å²) in [6, 6.07) is 0. The molecule has 210 valence electrons. The largest absolute Gasteiger partial charge is 0.481 e. The van der Waals surface area contributed by atoms with Crippen LogP contribution in [0.5, 0.6) is 0 Å². The first-order valence-corrected chi connectivity index (χ1v) is 14.3. The van der Waals surface area contributed by atoms with Crippen molar-refractivity contribution in [1.82, 2.24) is 0 Å². The second-order valence-corrected chi connectivity index (χ2v) is 10.5. The number of hydrogen-bond acceptors (Lipinski definition) is 3. The van der Waals surface area contributed by atoms with Crippen molar-refractivity contribution in [2.45, 2.75) is 111 Å². The van der Waals surface area contributed by atoms with Crippen LogP contribution in [-0.4, -0.2) is 63.9 Å². The van der Waals surface area contributed by atoms with Crippen molar-refractivity contribution in [2.24, 2.45) is 17.8 Å². The van der Waals surface area contributed by atoms with Crippen LogP contribution in [0.1, 0.15) is 111 Å². The molecule has 0 aromatic heterocycles. The quantitative estimate of drug-likeness (QED) is 0.0762. The van der Waals surface area contributed by atoms with Gasteiger partial charge in [0.1, 0.15) is 17.8 Å². The normalized spacial score (nSPS) is 15.9. The van der Waals surface area contributed by atoms with Crippen molar-refractivity contribution >= 4 is 17.9 Å². The SMILES string of the molecule is CCCCCC/C=C/CCCCCC[N+](CC(CC)C(=O)O)(CC(CC)C(=O)O)CC(CC)C(=O)O. The Kier molecular flexibility index (Phi) is 19.1. The van der Waals surface area contributed by atoms with E-state index in [0.717, 1.165) is 38.5 Å². The number of carboxylic acid groups (broad SMARTS) is 3. The van der Waals surface area contributed by atoms with Crippen molar-refractivity contribution < 1.29 is 34.2 Å². The first-order valence-electron chi connectivity index (χ1n) is 14.3. The molecule has 7 heteroatoms. The van der Waals surface area contributed by atoms with Gasteiger partial charge in [-0.2, -0.15) is 0 Å². The number of rotatable bonds is 24. The van der Waals surface area contributed by atoms with E-state index in [1.54, 1.807) is 0 Å². The topological polar surface area (TPSA) is 112 Å². The van der Waals surface area contributed by atoms with Gasteiger partial charge in [-0.05, 0) is 57.8 Å². The van der Waals surface area contributed by atoms with Crippen LogP contribution in [0.2, 0.25) is 0 Å². The molecule has 0 aliphatic rings. The maximum absolute atomic E-state index is 11.9. The van der Waals surface area contributed by atoms with E-state index in [9.17, 15) is 29.7 Å². The molecular formula is C29H54NO6+. The molecule has 36 heavy (non-hydrogen) atoms. The van der Waals surface area contributed by atoms with Gasteiger partial charge in [-0.1, -0.05) is 65.5 Å². The number of carbonyl (C=O) groups is 3. The Labute approximate surface area is 219 Å². The fraction of sp³-hybridized carbons (Fsp3) is 0.828. The second kappa shape index (κ2) is 20.2. The highest BCUT2D eigenvalue weighted by molar-refractivity contribution is 5.71. The van der Waals surface area contributed by atoms with Gasteiger partial charge in [0.15, 0.2) is 0 Å². The predicted octanol–water partition coefficient (Wildman–Crippen LogP) is 6.61. The molecule has 0 radical (unpaired) electrons. The van der Waals surface area contributed by atoms with Crippen LogP contribution in [0.25, 0.3) is 0 Å². The summed E-state index contributed by atoms with van der Waals surface area (Å²) < 4.78 is 0.248. The van der Waals surface area contributed by atoms with Crippen LogP contribution in [0.3, 0.4) is 0 Å². The van der Waals surface area contributed by atoms with E-state index >= 15 is 0 Å². The van der Waals surface area contributed by atoms with Gasteiger partial charge in [0, 0.05) is 0 Å². The Hall–Kier alpha value is -1.89. The lowest BCUT2D eigenvalue weighted by molar-refractivity contribution is -0.935. The van der Waals surface area contributed by atoms with E-state index < -0.39 is 35.7 Å². The fourth-order valence-electron chi connectivity index (χ4n) is 5.03. The van der Waals surface area contributed by atoms with E-state index in [2.05, 4.69) is 19.1 Å². The average Bonchev–Trinajstić information content (AvgIpc) is 2.84. The van der Waals surface area contributed by atoms with Crippen molar-refractivity contribution in [2.75, 3.05) is 26.2 Å². The Bertz CT molecular complexity index is 588. The predicted molar refractivity (Wildman–Crippen MR) is 145 cm³/mol. The molecule has 0 aromatic rings. The lowest BCUT2D eigenvalue weighted by Crippen LogP contribution is -2.58. The van der Waals surface area contributed by atoms with Crippen molar-refractivity contribution in [1.29, 1.82) is 0 Å². The Balaban J connectivity index is 5.28. The van der Waals surface area contributed by atoms with Gasteiger partial charge in [0.25, 0.3) is 0 Å². The summed E-state index contributed by atoms with van der Waals surface area (Å²) in [6.07, 6.45) is 17.1. The monoisotopic (exact) mass is 512 g/mol. The number of unbranched alkanes of at least 4 members (excludes halogenated alkanes) is 8. The highest BCUT2D eigenvalue weighted by atomic mass is 16.4. The molecule has 0 aliphatic carbocycles. The minimum atomic E-state index is -0.895. The molecule has 0 aliphatic heterocycles. The smallest absolute Gasteiger partial charge is 0.312 e. The molecule has 0 fully saturated rings. The second-order valence-electron chi connectivity index (χ2n) is 10.5. The molecule has 0 spiro atoms. The number of allylic oxidation sites excluding steroid dienone is 2. The zero-order valence-electron chi connectivity index (χ0n) is 23.4. The Morgan fingerprint density at radius 3 is 1.28 bits per heavy atom. The molecule has 0 rings (SSSR count). The van der Waals surface area contributed by atoms with Gasteiger partial charge in [-0.15, -0.1) is 0 Å². The molecule has 0 amide bonds. The standard InChI is InChI=1S/C29H53NO6/c1-5-9-10-11-12-13-14-15-16-17-18-19-20-30(21-24(6-2)27(31)32,22-25(7-3)28(33)34)23-26(8-4)29(35)36/h13-14,24-26H,5-12,15-23H2,1-4H3,(H2-,31,32,33,34,35,36)/p+1/b14-13+. The van der Waals surface area contributed by atoms with Gasteiger partial charge in [0.2, 0.25) is 0 Å². The van der Waals surface area contributed by atoms with Gasteiger partial charge in [0.05, 0.1) is 26.2 Å². The molecule has 0 saturated carbocycles. The molecule has 0 aromatic carbocycles. The van der Waals surface area contributed by atoms with E-state index in [-0.39, 0.29) is 24.1 Å². The van der Waals surface area contributed by atoms with Gasteiger partial charge in [-0.3, -0.25) is 14.4 Å². The number of quaternary nitrogens is 1. The summed E-state index contributed by atoms with van der Waals surface area (Å²) in [5.41, 5.74) is 0. The van der Waals surface area contributed by atoms with Crippen LogP contribution in [0, 0.1) is 17.8 Å². The molecule has 0 heterocycles. The molecule has 0 bridgehead atoms. The Morgan fingerprint density at radius 2 is 0.944 bits per heavy atom. The summed E-state index contributed by atoms with van der Waals surface area (Å²) in [6.45, 7) is 9.15. The van der Waals surface area contributed by atoms with E-state index in [0.29, 0.717) is 25.8 Å². The lowest BCUT2D eigenvalue weighted by atomic mass is 9.95. The highest BCUT2D eigenvalue weighted by Crippen LogP contribution is 2.25. The van der Waals surface area contributed by atoms with E-state index in [4.69, 9.17) is 0 Å². The molecule has 3 unspecified atom stereocenters. The summed E-state index contributed by atoms with van der Waals surface area (Å²) >= 11 is 0. The van der Waals surface area contributed by atoms with Crippen molar-refractivity contribution in [3.8, 4) is 0 Å². The van der Waals surface area contributed by atoms with E-state index in [1.165, 1.54) is 25.7 Å². The average molecular weight is 513 g/mol. The van der Waals surface area contributed by atoms with Crippen LogP contribution in [0.15, 0.2) is 12.2 Å². The summed E-state index contributed by atoms with van der Waals surface area (Å²) in [5.74, 6) is -4.55.